The molecule has 0 saturated carbocycles. The molecule has 0 fully saturated rings. The molecule has 0 amide bonds. The van der Waals surface area contributed by atoms with Crippen molar-refractivity contribution in [1.82, 2.24) is 14.0 Å². The number of nitrogens with zero attached hydrogens (tertiary/aromatic N) is 3. The maximum absolute atomic E-state index is 9.08. The molecule has 0 aromatic carbocycles. The molecule has 0 radical (unpaired) electrons. The Hall–Kier alpha value is 0.590. The Balaban J connectivity index is 0. The van der Waals surface area contributed by atoms with Gasteiger partial charge in [0, 0.05) is 39.3 Å². The van der Waals surface area contributed by atoms with Gasteiger partial charge in [0.25, 0.3) is 0 Å². The van der Waals surface area contributed by atoms with Crippen LogP contribution >= 0.6 is 24.5 Å². The largest absolute Gasteiger partial charge is 0.277 e. The van der Waals surface area contributed by atoms with E-state index >= 15 is 0 Å². The molecule has 0 aromatic rings. The third-order valence-electron chi connectivity index (χ3n) is 3.37. The minimum absolute atomic E-state index is 0. The molecular weight excluding hydrogens is 311 g/mol. The van der Waals surface area contributed by atoms with E-state index in [1.165, 1.54) is 0 Å². The van der Waals surface area contributed by atoms with Gasteiger partial charge in [0.15, 0.2) is 7.51 Å². The first-order valence-corrected chi connectivity index (χ1v) is 8.61. The van der Waals surface area contributed by atoms with Gasteiger partial charge in [-0.05, 0) is 0 Å². The Kier molecular flexibility index (Phi) is 12.1. The smallest absolute Gasteiger partial charge is 0.165 e. The van der Waals surface area contributed by atoms with Crippen molar-refractivity contribution < 1.29 is 0 Å². The van der Waals surface area contributed by atoms with Gasteiger partial charge in [-0.1, -0.05) is 41.5 Å². The lowest BCUT2D eigenvalue weighted by molar-refractivity contribution is 0.337. The Morgan fingerprint density at radius 3 is 0.889 bits per heavy atom. The Bertz CT molecular complexity index is 200. The van der Waals surface area contributed by atoms with Gasteiger partial charge in [-0.2, -0.15) is 0 Å². The fourth-order valence-corrected chi connectivity index (χ4v) is 5.83. The molecule has 0 bridgehead atoms. The first-order valence-electron chi connectivity index (χ1n) is 6.96. The Morgan fingerprint density at radius 1 is 0.611 bits per heavy atom. The minimum atomic E-state index is -2.05. The van der Waals surface area contributed by atoms with Gasteiger partial charge in [0.2, 0.25) is 0 Å². The van der Waals surface area contributed by atoms with Crippen molar-refractivity contribution in [3.05, 3.63) is 0 Å². The molecule has 0 saturated heterocycles. The molecule has 0 unspecified atom stereocenters. The molecule has 4 nitrogen and oxygen atoms in total. The monoisotopic (exact) mass is 342 g/mol. The molecule has 0 aliphatic carbocycles. The second-order valence-corrected chi connectivity index (χ2v) is 6.82. The van der Waals surface area contributed by atoms with Gasteiger partial charge < -0.3 is 0 Å². The van der Waals surface area contributed by atoms with E-state index in [2.05, 4.69) is 55.6 Å². The lowest BCUT2D eigenvalue weighted by Gasteiger charge is -2.47. The summed E-state index contributed by atoms with van der Waals surface area (Å²) in [7, 11) is -2.05. The average Bonchev–Trinajstić information content (AvgIpc) is 2.33. The lowest BCUT2D eigenvalue weighted by Crippen LogP contribution is -2.40. The molecule has 0 heterocycles. The predicted molar refractivity (Wildman–Crippen MR) is 88.7 cm³/mol. The van der Waals surface area contributed by atoms with Crippen LogP contribution in [0.15, 0.2) is 0 Å². The second-order valence-electron chi connectivity index (χ2n) is 3.99. The summed E-state index contributed by atoms with van der Waals surface area (Å²) in [5.74, 6) is 0. The normalized spacial score (nSPS) is 12.3. The van der Waals surface area contributed by atoms with Gasteiger partial charge in [0.05, 0.1) is 0 Å². The van der Waals surface area contributed by atoms with Crippen LogP contribution in [0.25, 0.3) is 0 Å². The van der Waals surface area contributed by atoms with Crippen molar-refractivity contribution in [1.29, 1.82) is 5.16 Å². The molecule has 18 heavy (non-hydrogen) atoms. The van der Waals surface area contributed by atoms with Gasteiger partial charge in [-0.25, -0.2) is 14.0 Å². The fraction of sp³-hybridized carbons (Fsp3) is 1.00. The van der Waals surface area contributed by atoms with Crippen LogP contribution in [0.1, 0.15) is 41.5 Å². The lowest BCUT2D eigenvalue weighted by atomic mass is 10.7. The number of hydrogen-bond acceptors (Lipinski definition) is 1. The number of rotatable bonds is 9. The molecular formula is C12H32BrN4P. The van der Waals surface area contributed by atoms with E-state index in [4.69, 9.17) is 5.16 Å². The summed E-state index contributed by atoms with van der Waals surface area (Å²) >= 11 is 0. The molecule has 1 N–H and O–H groups in total. The van der Waals surface area contributed by atoms with E-state index in [1.54, 1.807) is 0 Å². The van der Waals surface area contributed by atoms with Crippen LogP contribution < -0.4 is 0 Å². The van der Waals surface area contributed by atoms with E-state index in [1.807, 2.05) is 0 Å². The average molecular weight is 343 g/mol. The highest BCUT2D eigenvalue weighted by Gasteiger charge is 2.34. The fourth-order valence-electron chi connectivity index (χ4n) is 2.39. The second kappa shape index (κ2) is 10.4. The van der Waals surface area contributed by atoms with Crippen molar-refractivity contribution in [3.8, 4) is 0 Å². The van der Waals surface area contributed by atoms with Crippen molar-refractivity contribution >= 4 is 24.5 Å². The van der Waals surface area contributed by atoms with Crippen molar-refractivity contribution in [2.75, 3.05) is 39.3 Å². The van der Waals surface area contributed by atoms with E-state index in [9.17, 15) is 0 Å². The zero-order chi connectivity index (χ0) is 13.5. The summed E-state index contributed by atoms with van der Waals surface area (Å²) < 4.78 is 7.02. The topological polar surface area (TPSA) is 33.6 Å². The van der Waals surface area contributed by atoms with Crippen LogP contribution in [-0.4, -0.2) is 53.3 Å². The van der Waals surface area contributed by atoms with Crippen LogP contribution in [0.5, 0.6) is 0 Å². The van der Waals surface area contributed by atoms with Crippen molar-refractivity contribution in [2.45, 2.75) is 41.5 Å². The molecule has 0 spiro atoms. The van der Waals surface area contributed by atoms with Gasteiger partial charge in [-0.15, -0.1) is 17.0 Å². The van der Waals surface area contributed by atoms with E-state index in [-0.39, 0.29) is 17.0 Å². The van der Waals surface area contributed by atoms with Crippen LogP contribution in [0.2, 0.25) is 0 Å². The number of nitrogens with one attached hydrogen (secondary N) is 1. The van der Waals surface area contributed by atoms with Gasteiger partial charge in [0.1, 0.15) is 0 Å². The molecule has 0 aliphatic heterocycles. The summed E-state index contributed by atoms with van der Waals surface area (Å²) in [6, 6.07) is 0. The maximum Gasteiger partial charge on any atom is 0.165 e. The van der Waals surface area contributed by atoms with Crippen LogP contribution in [0.3, 0.4) is 0 Å². The first-order chi connectivity index (χ1) is 8.06. The molecule has 0 aliphatic rings. The maximum atomic E-state index is 9.08. The Labute approximate surface area is 124 Å². The molecule has 6 heteroatoms. The SMILES string of the molecule is Br.CCN(CC)P(=N)(N(CC)CC)N(CC)CC. The third kappa shape index (κ3) is 4.31. The zero-order valence-corrected chi connectivity index (χ0v) is 15.5. The molecule has 0 aromatic heterocycles. The highest BCUT2D eigenvalue weighted by atomic mass is 79.9. The molecule has 0 atom stereocenters. The summed E-state index contributed by atoms with van der Waals surface area (Å²) in [4.78, 5) is 0. The summed E-state index contributed by atoms with van der Waals surface area (Å²) in [5, 5.41) is 9.08. The van der Waals surface area contributed by atoms with Gasteiger partial charge in [-0.3, -0.25) is 5.16 Å². The molecule has 0 rings (SSSR count). The van der Waals surface area contributed by atoms with Gasteiger partial charge >= 0.3 is 0 Å². The van der Waals surface area contributed by atoms with Crippen molar-refractivity contribution in [3.63, 3.8) is 0 Å². The van der Waals surface area contributed by atoms with Crippen molar-refractivity contribution in [2.24, 2.45) is 0 Å². The van der Waals surface area contributed by atoms with E-state index in [0.717, 1.165) is 39.3 Å². The predicted octanol–water partition coefficient (Wildman–Crippen LogP) is 4.11. The highest BCUT2D eigenvalue weighted by molar-refractivity contribution is 8.93. The van der Waals surface area contributed by atoms with Crippen LogP contribution in [-0.2, 0) is 0 Å². The third-order valence-corrected chi connectivity index (χ3v) is 7.44. The zero-order valence-electron chi connectivity index (χ0n) is 12.9. The quantitative estimate of drug-likeness (QED) is 0.640. The van der Waals surface area contributed by atoms with Crippen LogP contribution in [0.4, 0.5) is 0 Å². The summed E-state index contributed by atoms with van der Waals surface area (Å²) in [6.07, 6.45) is 0. The summed E-state index contributed by atoms with van der Waals surface area (Å²) in [6.45, 7) is 18.8. The molecule has 112 valence electrons. The van der Waals surface area contributed by atoms with E-state index in [0.29, 0.717) is 0 Å². The van der Waals surface area contributed by atoms with E-state index < -0.39 is 7.51 Å². The standard InChI is InChI=1S/C12H31N4P.BrH/c1-7-14(8-2)17(13,15(9-3)10-4)16(11-5)12-6;/h13H,7-12H2,1-6H3;1H. The number of halogens is 1. The first kappa shape index (κ1) is 20.9. The Morgan fingerprint density at radius 2 is 0.778 bits per heavy atom. The minimum Gasteiger partial charge on any atom is -0.277 e. The summed E-state index contributed by atoms with van der Waals surface area (Å²) in [5.41, 5.74) is 0. The van der Waals surface area contributed by atoms with Crippen LogP contribution in [0, 0.1) is 5.16 Å². The highest BCUT2D eigenvalue weighted by Crippen LogP contribution is 2.56. The number of hydrogen-bond donors (Lipinski definition) is 1.